The number of nitrogens with zero attached hydrogens (tertiary/aromatic N) is 1. The summed E-state index contributed by atoms with van der Waals surface area (Å²) in [5.74, 6) is 0.113. The van der Waals surface area contributed by atoms with Crippen LogP contribution in [0.4, 0.5) is 16.2 Å². The van der Waals surface area contributed by atoms with Crippen LogP contribution in [-0.2, 0) is 14.3 Å². The van der Waals surface area contributed by atoms with Crippen molar-refractivity contribution >= 4 is 29.2 Å². The number of hydrogen-bond acceptors (Lipinski definition) is 6. The van der Waals surface area contributed by atoms with E-state index in [1.165, 1.54) is 0 Å². The Balaban J connectivity index is 1.40. The van der Waals surface area contributed by atoms with Gasteiger partial charge in [-0.15, -0.1) is 0 Å². The molecule has 2 aromatic rings. The van der Waals surface area contributed by atoms with Crippen molar-refractivity contribution in [3.63, 3.8) is 0 Å². The number of rotatable bonds is 7. The summed E-state index contributed by atoms with van der Waals surface area (Å²) in [4.78, 5) is 39.6. The van der Waals surface area contributed by atoms with Crippen molar-refractivity contribution in [2.24, 2.45) is 0 Å². The molecule has 1 saturated heterocycles. The first-order valence-electron chi connectivity index (χ1n) is 12.0. The van der Waals surface area contributed by atoms with Crippen LogP contribution in [-0.4, -0.2) is 74.9 Å². The Morgan fingerprint density at radius 2 is 1.86 bits per heavy atom. The number of ether oxygens (including phenoxy) is 3. The average molecular weight is 497 g/mol. The number of fused-ring (bicyclic) bond motifs is 2. The van der Waals surface area contributed by atoms with Gasteiger partial charge in [-0.2, -0.15) is 0 Å². The van der Waals surface area contributed by atoms with Gasteiger partial charge in [0.1, 0.15) is 18.5 Å². The number of benzene rings is 2. The molecule has 0 unspecified atom stereocenters. The van der Waals surface area contributed by atoms with E-state index in [0.717, 1.165) is 0 Å². The highest BCUT2D eigenvalue weighted by Crippen LogP contribution is 2.32. The number of methoxy groups -OCH3 is 1. The van der Waals surface area contributed by atoms with Gasteiger partial charge < -0.3 is 35.1 Å². The van der Waals surface area contributed by atoms with Crippen molar-refractivity contribution in [1.82, 2.24) is 10.2 Å². The van der Waals surface area contributed by atoms with Gasteiger partial charge in [-0.25, -0.2) is 4.79 Å². The molecule has 0 spiro atoms. The highest BCUT2D eigenvalue weighted by atomic mass is 16.5. The summed E-state index contributed by atoms with van der Waals surface area (Å²) in [6.45, 7) is 1.16. The van der Waals surface area contributed by atoms with Crippen molar-refractivity contribution in [2.45, 2.75) is 37.5 Å². The van der Waals surface area contributed by atoms with E-state index in [4.69, 9.17) is 14.2 Å². The van der Waals surface area contributed by atoms with Crippen LogP contribution in [0.15, 0.2) is 48.5 Å². The fraction of sp³-hybridized carbons (Fsp3) is 0.423. The van der Waals surface area contributed by atoms with Crippen molar-refractivity contribution in [3.8, 4) is 5.75 Å². The third-order valence-corrected chi connectivity index (χ3v) is 6.34. The number of hydrogen-bond donors (Lipinski definition) is 3. The zero-order chi connectivity index (χ0) is 25.5. The minimum absolute atomic E-state index is 0.0895. The predicted molar refractivity (Wildman–Crippen MR) is 134 cm³/mol. The van der Waals surface area contributed by atoms with E-state index >= 15 is 0 Å². The third-order valence-electron chi connectivity index (χ3n) is 6.34. The van der Waals surface area contributed by atoms with Crippen molar-refractivity contribution in [1.29, 1.82) is 0 Å². The van der Waals surface area contributed by atoms with Crippen LogP contribution in [0.3, 0.4) is 0 Å². The maximum absolute atomic E-state index is 13.4. The van der Waals surface area contributed by atoms with E-state index < -0.39 is 6.03 Å². The Labute approximate surface area is 210 Å². The minimum atomic E-state index is -0.410. The van der Waals surface area contributed by atoms with Gasteiger partial charge in [0.05, 0.1) is 30.7 Å². The number of nitrogens with one attached hydrogen (secondary N) is 3. The monoisotopic (exact) mass is 496 g/mol. The van der Waals surface area contributed by atoms with Gasteiger partial charge in [0.25, 0.3) is 5.91 Å². The highest BCUT2D eigenvalue weighted by molar-refractivity contribution is 6.02. The zero-order valence-electron chi connectivity index (χ0n) is 20.5. The molecule has 3 atom stereocenters. The number of carbonyl (C=O) groups excluding carboxylic acids is 3. The Morgan fingerprint density at radius 3 is 2.64 bits per heavy atom. The second-order valence-corrected chi connectivity index (χ2v) is 8.87. The van der Waals surface area contributed by atoms with Crippen LogP contribution >= 0.6 is 0 Å². The SMILES string of the molecule is COCCNC(=O)C[C@H]1CC[C@H]2[C@H](COc3ccc(NC(=O)Nc4ccccc4)cc3C(=O)N2C)O1. The van der Waals surface area contributed by atoms with Gasteiger partial charge in [0.15, 0.2) is 0 Å². The zero-order valence-corrected chi connectivity index (χ0v) is 20.5. The fourth-order valence-corrected chi connectivity index (χ4v) is 4.49. The molecule has 2 aromatic carbocycles. The van der Waals surface area contributed by atoms with Gasteiger partial charge in [0, 0.05) is 32.1 Å². The number of urea groups is 1. The molecular formula is C26H32N4O6. The smallest absolute Gasteiger partial charge is 0.323 e. The number of amides is 4. The number of carbonyl (C=O) groups is 3. The molecule has 36 heavy (non-hydrogen) atoms. The largest absolute Gasteiger partial charge is 0.490 e. The summed E-state index contributed by atoms with van der Waals surface area (Å²) in [5, 5.41) is 8.33. The molecule has 3 N–H and O–H groups in total. The number of anilines is 2. The first-order chi connectivity index (χ1) is 17.4. The lowest BCUT2D eigenvalue weighted by atomic mass is 9.94. The van der Waals surface area contributed by atoms with Gasteiger partial charge in [-0.1, -0.05) is 18.2 Å². The van der Waals surface area contributed by atoms with E-state index in [1.807, 2.05) is 18.2 Å². The van der Waals surface area contributed by atoms with Crippen LogP contribution in [0.1, 0.15) is 29.6 Å². The summed E-state index contributed by atoms with van der Waals surface area (Å²) >= 11 is 0. The van der Waals surface area contributed by atoms with Crippen molar-refractivity contribution < 1.29 is 28.6 Å². The molecule has 2 aliphatic rings. The Hall–Kier alpha value is -3.63. The summed E-state index contributed by atoms with van der Waals surface area (Å²) < 4.78 is 17.1. The molecule has 10 nitrogen and oxygen atoms in total. The molecule has 0 radical (unpaired) electrons. The number of likely N-dealkylation sites (N-methyl/N-ethyl adjacent to an activating group) is 1. The molecule has 0 aromatic heterocycles. The van der Waals surface area contributed by atoms with E-state index in [-0.39, 0.29) is 43.1 Å². The maximum atomic E-state index is 13.4. The lowest BCUT2D eigenvalue weighted by Crippen LogP contribution is -2.54. The normalized spacial score (nSPS) is 21.2. The Bertz CT molecular complexity index is 1080. The molecule has 2 aliphatic heterocycles. The van der Waals surface area contributed by atoms with Crippen LogP contribution in [0.25, 0.3) is 0 Å². The van der Waals surface area contributed by atoms with Crippen molar-refractivity contribution in [3.05, 3.63) is 54.1 Å². The molecule has 2 heterocycles. The molecule has 192 valence electrons. The second kappa shape index (κ2) is 11.9. The summed E-state index contributed by atoms with van der Waals surface area (Å²) in [6, 6.07) is 13.5. The predicted octanol–water partition coefficient (Wildman–Crippen LogP) is 2.86. The third kappa shape index (κ3) is 6.32. The standard InChI is InChI=1S/C26H32N4O6/c1-30-21-10-9-19(15-24(31)27-12-13-34-2)36-23(21)16-35-22-11-8-18(14-20(22)25(30)32)29-26(33)28-17-6-4-3-5-7-17/h3-8,11,14,19,21,23H,9-10,12-13,15-16H2,1-2H3,(H,27,31)(H2,28,29,33)/t19-,21+,23+/m1/s1. The lowest BCUT2D eigenvalue weighted by Gasteiger charge is -2.42. The topological polar surface area (TPSA) is 118 Å². The summed E-state index contributed by atoms with van der Waals surface area (Å²) in [6.07, 6.45) is 1.01. The quantitative estimate of drug-likeness (QED) is 0.508. The molecule has 0 bridgehead atoms. The van der Waals surface area contributed by atoms with Gasteiger partial charge in [0.2, 0.25) is 5.91 Å². The van der Waals surface area contributed by atoms with Crippen LogP contribution < -0.4 is 20.7 Å². The fourth-order valence-electron chi connectivity index (χ4n) is 4.49. The molecule has 0 saturated carbocycles. The molecular weight excluding hydrogens is 464 g/mol. The second-order valence-electron chi connectivity index (χ2n) is 8.87. The average Bonchev–Trinajstić information content (AvgIpc) is 2.87. The molecule has 1 fully saturated rings. The summed E-state index contributed by atoms with van der Waals surface area (Å²) in [5.41, 5.74) is 1.51. The van der Waals surface area contributed by atoms with E-state index in [0.29, 0.717) is 48.7 Å². The first-order valence-corrected chi connectivity index (χ1v) is 12.0. The van der Waals surface area contributed by atoms with Crippen LogP contribution in [0.5, 0.6) is 5.75 Å². The first kappa shape index (κ1) is 25.5. The molecule has 4 rings (SSSR count). The molecule has 4 amide bonds. The van der Waals surface area contributed by atoms with Crippen LogP contribution in [0.2, 0.25) is 0 Å². The van der Waals surface area contributed by atoms with Gasteiger partial charge in [-0.3, -0.25) is 9.59 Å². The van der Waals surface area contributed by atoms with Gasteiger partial charge >= 0.3 is 6.03 Å². The van der Waals surface area contributed by atoms with E-state index in [2.05, 4.69) is 16.0 Å². The molecule has 0 aliphatic carbocycles. The minimum Gasteiger partial charge on any atom is -0.490 e. The lowest BCUT2D eigenvalue weighted by molar-refractivity contribution is -0.134. The van der Waals surface area contributed by atoms with Gasteiger partial charge in [-0.05, 0) is 43.2 Å². The van der Waals surface area contributed by atoms with Crippen LogP contribution in [0, 0.1) is 0 Å². The maximum Gasteiger partial charge on any atom is 0.323 e. The Morgan fingerprint density at radius 1 is 1.08 bits per heavy atom. The molecule has 10 heteroatoms. The Kier molecular flexibility index (Phi) is 8.40. The highest BCUT2D eigenvalue weighted by Gasteiger charge is 2.39. The summed E-state index contributed by atoms with van der Waals surface area (Å²) in [7, 11) is 3.33. The number of para-hydroxylation sites is 1. The van der Waals surface area contributed by atoms with E-state index in [9.17, 15) is 14.4 Å². The van der Waals surface area contributed by atoms with Crippen molar-refractivity contribution in [2.75, 3.05) is 44.5 Å². The van der Waals surface area contributed by atoms with E-state index in [1.54, 1.807) is 49.4 Å².